The summed E-state index contributed by atoms with van der Waals surface area (Å²) in [6.07, 6.45) is 0. The summed E-state index contributed by atoms with van der Waals surface area (Å²) >= 11 is 1.45. The molecule has 0 spiro atoms. The van der Waals surface area contributed by atoms with Crippen molar-refractivity contribution in [2.24, 2.45) is 0 Å². The van der Waals surface area contributed by atoms with E-state index in [0.29, 0.717) is 0 Å². The highest BCUT2D eigenvalue weighted by Crippen LogP contribution is 2.29. The lowest BCUT2D eigenvalue weighted by Crippen LogP contribution is -2.08. The van der Waals surface area contributed by atoms with Crippen LogP contribution in [0, 0.1) is 6.92 Å². The molecule has 1 saturated heterocycles. The minimum absolute atomic E-state index is 1.05. The van der Waals surface area contributed by atoms with E-state index < -0.39 is 0 Å². The smallest absolute Gasteiger partial charge is 0.0531 e. The Labute approximate surface area is 95.2 Å². The Bertz CT molecular complexity index is 350. The maximum absolute atomic E-state index is 5.49. The lowest BCUT2D eigenvalue weighted by atomic mass is 10.2. The van der Waals surface area contributed by atoms with E-state index in [9.17, 15) is 0 Å². The molecule has 2 rings (SSSR count). The molecule has 1 fully saturated rings. The number of hydrogen-bond acceptors (Lipinski definition) is 4. The van der Waals surface area contributed by atoms with Crippen molar-refractivity contribution in [3.63, 3.8) is 0 Å². The first kappa shape index (κ1) is 10.8. The molecule has 4 heteroatoms. The molecule has 0 amide bonds. The van der Waals surface area contributed by atoms with Crippen LogP contribution >= 0.6 is 12.0 Å². The van der Waals surface area contributed by atoms with E-state index in [4.69, 9.17) is 4.28 Å². The summed E-state index contributed by atoms with van der Waals surface area (Å²) in [6.45, 7) is 4.21. The van der Waals surface area contributed by atoms with E-state index in [1.807, 2.05) is 19.2 Å². The molecular weight excluding hydrogens is 208 g/mol. The molecule has 0 atom stereocenters. The molecule has 1 aliphatic rings. The van der Waals surface area contributed by atoms with Crippen molar-refractivity contribution in [2.75, 3.05) is 32.1 Å². The fraction of sp³-hybridized carbons (Fsp3) is 0.455. The number of anilines is 1. The predicted octanol–water partition coefficient (Wildman–Crippen LogP) is 2.32. The van der Waals surface area contributed by atoms with Crippen molar-refractivity contribution < 1.29 is 4.28 Å². The van der Waals surface area contributed by atoms with E-state index in [1.165, 1.54) is 28.2 Å². The van der Waals surface area contributed by atoms with E-state index in [1.54, 1.807) is 0 Å². The quantitative estimate of drug-likeness (QED) is 0.576. The summed E-state index contributed by atoms with van der Waals surface area (Å²) in [6, 6.07) is 6.41. The fourth-order valence-electron chi connectivity index (χ4n) is 1.16. The summed E-state index contributed by atoms with van der Waals surface area (Å²) in [5, 5.41) is 1.94. The summed E-state index contributed by atoms with van der Waals surface area (Å²) < 4.78 is 5.49. The van der Waals surface area contributed by atoms with Crippen molar-refractivity contribution in [1.82, 2.24) is 5.06 Å². The molecule has 0 unspecified atom stereocenters. The van der Waals surface area contributed by atoms with Gasteiger partial charge < -0.3 is 4.90 Å². The first-order chi connectivity index (χ1) is 7.16. The van der Waals surface area contributed by atoms with Gasteiger partial charge in [0.05, 0.1) is 12.0 Å². The Hall–Kier alpha value is -0.710. The van der Waals surface area contributed by atoms with Crippen LogP contribution in [-0.4, -0.2) is 32.2 Å². The van der Waals surface area contributed by atoms with Crippen LogP contribution in [0.3, 0.4) is 0 Å². The Balaban J connectivity index is 2.08. The molecule has 1 aromatic rings. The molecule has 0 bridgehead atoms. The highest BCUT2D eigenvalue weighted by molar-refractivity contribution is 7.94. The van der Waals surface area contributed by atoms with Crippen LogP contribution in [0.1, 0.15) is 5.56 Å². The molecule has 1 aliphatic heterocycles. The molecule has 0 radical (unpaired) electrons. The lowest BCUT2D eigenvalue weighted by molar-refractivity contribution is 0.102. The second-order valence-electron chi connectivity index (χ2n) is 3.93. The maximum atomic E-state index is 5.49. The maximum Gasteiger partial charge on any atom is 0.0531 e. The van der Waals surface area contributed by atoms with E-state index >= 15 is 0 Å². The van der Waals surface area contributed by atoms with Gasteiger partial charge in [-0.25, -0.2) is 4.28 Å². The Morgan fingerprint density at radius 2 is 2.07 bits per heavy atom. The minimum Gasteiger partial charge on any atom is -0.378 e. The molecule has 1 heterocycles. The third-order valence-electron chi connectivity index (χ3n) is 2.33. The summed E-state index contributed by atoms with van der Waals surface area (Å²) in [4.78, 5) is 3.29. The van der Waals surface area contributed by atoms with Crippen molar-refractivity contribution in [1.29, 1.82) is 0 Å². The first-order valence-electron chi connectivity index (χ1n) is 5.04. The minimum atomic E-state index is 1.05. The van der Waals surface area contributed by atoms with Gasteiger partial charge in [-0.2, -0.15) is 5.06 Å². The zero-order chi connectivity index (χ0) is 10.8. The third kappa shape index (κ3) is 2.87. The Morgan fingerprint density at radius 3 is 2.67 bits per heavy atom. The third-order valence-corrected chi connectivity index (χ3v) is 3.23. The van der Waals surface area contributed by atoms with Crippen molar-refractivity contribution in [3.05, 3.63) is 23.8 Å². The van der Waals surface area contributed by atoms with Crippen molar-refractivity contribution in [2.45, 2.75) is 11.8 Å². The molecule has 3 nitrogen and oxygen atoms in total. The number of nitrogens with zero attached hydrogens (tertiary/aromatic N) is 2. The molecule has 0 saturated carbocycles. The number of hydroxylamine groups is 2. The highest BCUT2D eigenvalue weighted by Gasteiger charge is 2.19. The second-order valence-corrected chi connectivity index (χ2v) is 4.69. The molecule has 0 aromatic heterocycles. The second kappa shape index (κ2) is 4.43. The summed E-state index contributed by atoms with van der Waals surface area (Å²) in [7, 11) is 4.09. The van der Waals surface area contributed by atoms with E-state index in [-0.39, 0.29) is 0 Å². The normalized spacial score (nSPS) is 15.4. The number of aryl methyl sites for hydroxylation is 1. The summed E-state index contributed by atoms with van der Waals surface area (Å²) in [5.74, 6) is 0. The zero-order valence-corrected chi connectivity index (χ0v) is 10.2. The van der Waals surface area contributed by atoms with E-state index in [0.717, 1.165) is 13.1 Å². The standard InChI is InChI=1S/C11H16N2OS/c1-9-4-5-10(12(2)3)8-11(9)15-14-13-6-7-13/h4-5,8H,6-7H2,1-3H3. The molecule has 0 aliphatic carbocycles. The van der Waals surface area contributed by atoms with Gasteiger partial charge in [0.2, 0.25) is 0 Å². The SMILES string of the molecule is Cc1ccc(N(C)C)cc1SON1CC1. The van der Waals surface area contributed by atoms with Crippen LogP contribution in [0.4, 0.5) is 5.69 Å². The van der Waals surface area contributed by atoms with Gasteiger partial charge in [-0.05, 0) is 24.6 Å². The van der Waals surface area contributed by atoms with Crippen LogP contribution < -0.4 is 4.90 Å². The average molecular weight is 224 g/mol. The molecule has 82 valence electrons. The van der Waals surface area contributed by atoms with Gasteiger partial charge >= 0.3 is 0 Å². The monoisotopic (exact) mass is 224 g/mol. The van der Waals surface area contributed by atoms with Crippen LogP contribution in [-0.2, 0) is 4.28 Å². The van der Waals surface area contributed by atoms with Gasteiger partial charge in [-0.3, -0.25) is 0 Å². The van der Waals surface area contributed by atoms with Crippen LogP contribution in [0.15, 0.2) is 23.1 Å². The Kier molecular flexibility index (Phi) is 3.19. The fourth-order valence-corrected chi connectivity index (χ4v) is 1.87. The van der Waals surface area contributed by atoms with Gasteiger partial charge in [-0.15, -0.1) is 0 Å². The number of benzene rings is 1. The lowest BCUT2D eigenvalue weighted by Gasteiger charge is -2.14. The van der Waals surface area contributed by atoms with Gasteiger partial charge in [0, 0.05) is 37.8 Å². The molecule has 1 aromatic carbocycles. The van der Waals surface area contributed by atoms with Crippen molar-refractivity contribution >= 4 is 17.7 Å². The molecule has 0 N–H and O–H groups in total. The largest absolute Gasteiger partial charge is 0.378 e. The van der Waals surface area contributed by atoms with Gasteiger partial charge in [0.15, 0.2) is 0 Å². The Morgan fingerprint density at radius 1 is 1.33 bits per heavy atom. The van der Waals surface area contributed by atoms with E-state index in [2.05, 4.69) is 30.0 Å². The summed E-state index contributed by atoms with van der Waals surface area (Å²) in [5.41, 5.74) is 2.46. The van der Waals surface area contributed by atoms with Crippen LogP contribution in [0.5, 0.6) is 0 Å². The average Bonchev–Trinajstić information content (AvgIpc) is 3.00. The number of hydrogen-bond donors (Lipinski definition) is 0. The van der Waals surface area contributed by atoms with Gasteiger partial charge in [0.25, 0.3) is 0 Å². The number of rotatable bonds is 4. The predicted molar refractivity (Wildman–Crippen MR) is 64.0 cm³/mol. The van der Waals surface area contributed by atoms with Crippen LogP contribution in [0.25, 0.3) is 0 Å². The topological polar surface area (TPSA) is 15.5 Å². The van der Waals surface area contributed by atoms with Crippen molar-refractivity contribution in [3.8, 4) is 0 Å². The first-order valence-corrected chi connectivity index (χ1v) is 5.78. The zero-order valence-electron chi connectivity index (χ0n) is 9.36. The van der Waals surface area contributed by atoms with Gasteiger partial charge in [0.1, 0.15) is 0 Å². The van der Waals surface area contributed by atoms with Crippen LogP contribution in [0.2, 0.25) is 0 Å². The highest BCUT2D eigenvalue weighted by atomic mass is 32.2. The molecule has 15 heavy (non-hydrogen) atoms. The van der Waals surface area contributed by atoms with Gasteiger partial charge in [-0.1, -0.05) is 6.07 Å². The molecular formula is C11H16N2OS.